The Kier molecular flexibility index (Phi) is 14.5. The van der Waals surface area contributed by atoms with Crippen molar-refractivity contribution in [1.82, 2.24) is 25.1 Å². The fourth-order valence-electron chi connectivity index (χ4n) is 7.98. The monoisotopic (exact) mass is 924 g/mol. The zero-order chi connectivity index (χ0) is 47.2. The SMILES string of the molecule is Cc1cnc(Nc2ccc(N3CCN(C(=O)CCCCCCCCNc4ccc5c(c4)C(=O)N(C4CCC(=O)NC4=O)C5=O)CC3)c(F)c2)nc1Nc1cccc(NS(=O)(=O)C(C)(C)C)c1. The van der Waals surface area contributed by atoms with Crippen LogP contribution in [0.3, 0.4) is 0 Å². The maximum absolute atomic E-state index is 15.5. The molecule has 5 amide bonds. The summed E-state index contributed by atoms with van der Waals surface area (Å²) in [6.45, 7) is 9.44. The number of carbonyl (C=O) groups is 5. The molecule has 3 aliphatic heterocycles. The van der Waals surface area contributed by atoms with Crippen LogP contribution in [0.1, 0.15) is 105 Å². The number of amides is 5. The first kappa shape index (κ1) is 47.3. The summed E-state index contributed by atoms with van der Waals surface area (Å²) >= 11 is 0. The number of hydrogen-bond acceptors (Lipinski definition) is 13. The normalized spacial score (nSPS) is 16.6. The Bertz CT molecular complexity index is 2610. The highest BCUT2D eigenvalue weighted by atomic mass is 32.2. The number of benzene rings is 3. The van der Waals surface area contributed by atoms with Gasteiger partial charge in [0.15, 0.2) is 0 Å². The highest BCUT2D eigenvalue weighted by Crippen LogP contribution is 2.31. The summed E-state index contributed by atoms with van der Waals surface area (Å²) in [5.74, 6) is -1.66. The van der Waals surface area contributed by atoms with Crippen molar-refractivity contribution in [2.75, 3.05) is 58.3 Å². The van der Waals surface area contributed by atoms with Crippen LogP contribution in [0.15, 0.2) is 66.9 Å². The standard InChI is InChI=1S/C47H57FN10O7S/c1-30-29-50-46(54-42(30)51-32-12-11-13-34(26-32)55-66(64,65)47(2,3)4)52-33-16-18-38(37(48)28-33)56-22-24-57(25-23-56)41(60)14-9-7-5-6-8-10-21-49-31-15-17-35-36(27-31)45(63)58(44(35)62)39-19-20-40(59)53-43(39)61/h11-13,15-18,26-29,39,49,55H,5-10,14,19-25H2,1-4H3,(H,53,59,61)(H2,50,51,52,54). The molecule has 4 heterocycles. The van der Waals surface area contributed by atoms with Gasteiger partial charge in [-0.05, 0) is 102 Å². The third kappa shape index (κ3) is 11.2. The predicted molar refractivity (Wildman–Crippen MR) is 251 cm³/mol. The number of unbranched alkanes of at least 4 members (excludes halogenated alkanes) is 5. The molecule has 0 bridgehead atoms. The van der Waals surface area contributed by atoms with Gasteiger partial charge >= 0.3 is 0 Å². The topological polar surface area (TPSA) is 215 Å². The fraction of sp³-hybridized carbons (Fsp3) is 0.426. The van der Waals surface area contributed by atoms with E-state index >= 15 is 4.39 Å². The van der Waals surface area contributed by atoms with Gasteiger partial charge in [0.2, 0.25) is 33.7 Å². The van der Waals surface area contributed by atoms with Gasteiger partial charge in [-0.15, -0.1) is 0 Å². The number of hydrogen-bond donors (Lipinski definition) is 5. The second kappa shape index (κ2) is 20.3. The van der Waals surface area contributed by atoms with Gasteiger partial charge in [-0.1, -0.05) is 31.7 Å². The van der Waals surface area contributed by atoms with Crippen molar-refractivity contribution < 1.29 is 36.8 Å². The Balaban J connectivity index is 0.783. The molecule has 7 rings (SSSR count). The van der Waals surface area contributed by atoms with E-state index in [2.05, 4.69) is 36.0 Å². The van der Waals surface area contributed by atoms with E-state index in [9.17, 15) is 32.4 Å². The van der Waals surface area contributed by atoms with Crippen LogP contribution >= 0.6 is 0 Å². The summed E-state index contributed by atoms with van der Waals surface area (Å²) in [4.78, 5) is 76.6. The molecule has 3 aliphatic rings. The van der Waals surface area contributed by atoms with Crippen LogP contribution in [0, 0.1) is 12.7 Å². The van der Waals surface area contributed by atoms with Crippen molar-refractivity contribution in [3.8, 4) is 0 Å². The number of halogens is 1. The molecule has 3 aromatic carbocycles. The molecular formula is C47H57FN10O7S. The molecule has 17 nitrogen and oxygen atoms in total. The van der Waals surface area contributed by atoms with Gasteiger partial charge in [0.25, 0.3) is 11.8 Å². The van der Waals surface area contributed by atoms with Gasteiger partial charge in [0.1, 0.15) is 17.7 Å². The molecule has 350 valence electrons. The van der Waals surface area contributed by atoms with E-state index in [0.29, 0.717) is 73.4 Å². The summed E-state index contributed by atoms with van der Waals surface area (Å²) in [6, 6.07) is 15.7. The lowest BCUT2D eigenvalue weighted by atomic mass is 10.0. The number of aryl methyl sites for hydroxylation is 1. The van der Waals surface area contributed by atoms with Crippen LogP contribution in [0.5, 0.6) is 0 Å². The van der Waals surface area contributed by atoms with Crippen molar-refractivity contribution >= 4 is 79.8 Å². The number of aromatic nitrogens is 2. The Hall–Kier alpha value is -6.63. The van der Waals surface area contributed by atoms with Crippen LogP contribution in [0.25, 0.3) is 0 Å². The summed E-state index contributed by atoms with van der Waals surface area (Å²) < 4.78 is 42.5. The lowest BCUT2D eigenvalue weighted by Crippen LogP contribution is -2.54. The lowest BCUT2D eigenvalue weighted by molar-refractivity contribution is -0.136. The van der Waals surface area contributed by atoms with Gasteiger partial charge in [0, 0.05) is 74.4 Å². The van der Waals surface area contributed by atoms with E-state index in [1.807, 2.05) is 16.7 Å². The summed E-state index contributed by atoms with van der Waals surface area (Å²) in [7, 11) is -3.61. The lowest BCUT2D eigenvalue weighted by Gasteiger charge is -2.36. The molecule has 0 saturated carbocycles. The third-order valence-electron chi connectivity index (χ3n) is 11.9. The first-order chi connectivity index (χ1) is 31.5. The zero-order valence-electron chi connectivity index (χ0n) is 37.7. The molecule has 5 N–H and O–H groups in total. The van der Waals surface area contributed by atoms with Crippen LogP contribution < -0.4 is 30.9 Å². The van der Waals surface area contributed by atoms with Crippen LogP contribution in [-0.4, -0.2) is 101 Å². The van der Waals surface area contributed by atoms with Crippen LogP contribution in [-0.2, 0) is 24.4 Å². The number of sulfonamides is 1. The Morgan fingerprint density at radius 3 is 2.23 bits per heavy atom. The number of piperidine rings is 1. The van der Waals surface area contributed by atoms with Gasteiger partial charge in [-0.3, -0.25) is 38.9 Å². The molecule has 1 unspecified atom stereocenters. The smallest absolute Gasteiger partial charge is 0.262 e. The van der Waals surface area contributed by atoms with E-state index in [1.165, 1.54) is 6.07 Å². The van der Waals surface area contributed by atoms with Crippen molar-refractivity contribution in [1.29, 1.82) is 0 Å². The summed E-state index contributed by atoms with van der Waals surface area (Å²) in [5, 5.41) is 11.8. The Morgan fingerprint density at radius 2 is 1.50 bits per heavy atom. The molecule has 0 spiro atoms. The summed E-state index contributed by atoms with van der Waals surface area (Å²) in [5.41, 5.74) is 3.90. The minimum atomic E-state index is -3.61. The largest absolute Gasteiger partial charge is 0.385 e. The van der Waals surface area contributed by atoms with Gasteiger partial charge < -0.3 is 25.8 Å². The number of fused-ring (bicyclic) bond motifs is 1. The van der Waals surface area contributed by atoms with E-state index in [-0.39, 0.29) is 35.8 Å². The van der Waals surface area contributed by atoms with E-state index in [1.54, 1.807) is 81.6 Å². The predicted octanol–water partition coefficient (Wildman–Crippen LogP) is 6.84. The summed E-state index contributed by atoms with van der Waals surface area (Å²) in [6.07, 6.45) is 7.95. The average Bonchev–Trinajstić information content (AvgIpc) is 3.51. The minimum Gasteiger partial charge on any atom is -0.385 e. The molecule has 1 aromatic heterocycles. The quantitative estimate of drug-likeness (QED) is 0.0511. The number of anilines is 7. The van der Waals surface area contributed by atoms with Crippen molar-refractivity contribution in [3.05, 3.63) is 89.4 Å². The highest BCUT2D eigenvalue weighted by Gasteiger charge is 2.44. The fourth-order valence-corrected chi connectivity index (χ4v) is 8.72. The maximum Gasteiger partial charge on any atom is 0.262 e. The molecule has 0 aliphatic carbocycles. The molecular weight excluding hydrogens is 868 g/mol. The van der Waals surface area contributed by atoms with Crippen LogP contribution in [0.2, 0.25) is 0 Å². The second-order valence-electron chi connectivity index (χ2n) is 17.8. The molecule has 1 atom stereocenters. The Labute approximate surface area is 384 Å². The van der Waals surface area contributed by atoms with Crippen molar-refractivity contribution in [2.24, 2.45) is 0 Å². The van der Waals surface area contributed by atoms with Crippen LogP contribution in [0.4, 0.5) is 44.6 Å². The minimum absolute atomic E-state index is 0.0708. The molecule has 19 heteroatoms. The van der Waals surface area contributed by atoms with E-state index in [4.69, 9.17) is 0 Å². The first-order valence-corrected chi connectivity index (χ1v) is 23.9. The van der Waals surface area contributed by atoms with Crippen molar-refractivity contribution in [2.45, 2.75) is 96.3 Å². The molecule has 0 radical (unpaired) electrons. The zero-order valence-corrected chi connectivity index (χ0v) is 38.5. The molecule has 2 fully saturated rings. The number of nitrogens with one attached hydrogen (secondary N) is 5. The van der Waals surface area contributed by atoms with E-state index in [0.717, 1.165) is 49.0 Å². The maximum atomic E-state index is 15.5. The number of imide groups is 2. The average molecular weight is 925 g/mol. The number of rotatable bonds is 18. The third-order valence-corrected chi connectivity index (χ3v) is 14.0. The number of carbonyl (C=O) groups excluding carboxylic acids is 5. The Morgan fingerprint density at radius 1 is 0.818 bits per heavy atom. The number of nitrogens with zero attached hydrogens (tertiary/aromatic N) is 5. The highest BCUT2D eigenvalue weighted by molar-refractivity contribution is 7.94. The molecule has 66 heavy (non-hydrogen) atoms. The first-order valence-electron chi connectivity index (χ1n) is 22.4. The molecule has 2 saturated heterocycles. The second-order valence-corrected chi connectivity index (χ2v) is 20.2. The van der Waals surface area contributed by atoms with Gasteiger partial charge in [-0.2, -0.15) is 4.98 Å². The molecule has 4 aromatic rings. The van der Waals surface area contributed by atoms with Gasteiger partial charge in [0.05, 0.1) is 27.2 Å². The number of piperazine rings is 1. The van der Waals surface area contributed by atoms with E-state index < -0.39 is 50.3 Å². The van der Waals surface area contributed by atoms with Crippen molar-refractivity contribution in [3.63, 3.8) is 0 Å². The van der Waals surface area contributed by atoms with Gasteiger partial charge in [-0.25, -0.2) is 17.8 Å².